The second-order valence-corrected chi connectivity index (χ2v) is 6.27. The van der Waals surface area contributed by atoms with Gasteiger partial charge in [0.05, 0.1) is 0 Å². The second kappa shape index (κ2) is 12.6. The zero-order valence-corrected chi connectivity index (χ0v) is 14.0. The molecule has 3 atom stereocenters. The van der Waals surface area contributed by atoms with Crippen LogP contribution in [-0.2, 0) is 0 Å². The fraction of sp³-hybridized carbons (Fsp3) is 0.889. The number of nitrogens with one attached hydrogen (secondary N) is 1. The Labute approximate surface area is 122 Å². The van der Waals surface area contributed by atoms with Crippen LogP contribution >= 0.6 is 0 Å². The number of hydrogen-bond donors (Lipinski definition) is 1. The van der Waals surface area contributed by atoms with E-state index in [4.69, 9.17) is 0 Å². The fourth-order valence-electron chi connectivity index (χ4n) is 2.93. The van der Waals surface area contributed by atoms with Crippen LogP contribution in [0.15, 0.2) is 12.3 Å². The van der Waals surface area contributed by atoms with E-state index in [1.165, 1.54) is 44.9 Å². The predicted octanol–water partition coefficient (Wildman–Crippen LogP) is 5.77. The summed E-state index contributed by atoms with van der Waals surface area (Å²) in [5.41, 5.74) is 0. The van der Waals surface area contributed by atoms with E-state index in [9.17, 15) is 0 Å². The Hall–Kier alpha value is -0.460. The molecule has 0 saturated carbocycles. The van der Waals surface area contributed by atoms with E-state index in [-0.39, 0.29) is 0 Å². The average molecular weight is 268 g/mol. The maximum absolute atomic E-state index is 3.27. The molecule has 0 fully saturated rings. The summed E-state index contributed by atoms with van der Waals surface area (Å²) in [6, 6.07) is 0. The first kappa shape index (κ1) is 18.5. The van der Waals surface area contributed by atoms with E-state index in [2.05, 4.69) is 52.2 Å². The number of allylic oxidation sites excluding steroid dienone is 1. The van der Waals surface area contributed by atoms with Crippen molar-refractivity contribution >= 4 is 0 Å². The number of unbranched alkanes of at least 4 members (excludes halogenated alkanes) is 1. The highest BCUT2D eigenvalue weighted by atomic mass is 14.8. The molecule has 1 N–H and O–H groups in total. The van der Waals surface area contributed by atoms with Gasteiger partial charge in [-0.1, -0.05) is 65.9 Å². The lowest BCUT2D eigenvalue weighted by Gasteiger charge is -2.22. The monoisotopic (exact) mass is 267 g/mol. The van der Waals surface area contributed by atoms with Gasteiger partial charge in [-0.2, -0.15) is 0 Å². The molecule has 0 saturated heterocycles. The zero-order valence-electron chi connectivity index (χ0n) is 14.0. The van der Waals surface area contributed by atoms with Gasteiger partial charge in [0, 0.05) is 6.54 Å². The van der Waals surface area contributed by atoms with E-state index < -0.39 is 0 Å². The average Bonchev–Trinajstić information content (AvgIpc) is 2.37. The van der Waals surface area contributed by atoms with Crippen LogP contribution in [0.4, 0.5) is 0 Å². The van der Waals surface area contributed by atoms with Crippen molar-refractivity contribution in [2.24, 2.45) is 17.8 Å². The Morgan fingerprint density at radius 2 is 1.68 bits per heavy atom. The van der Waals surface area contributed by atoms with Crippen molar-refractivity contribution in [1.29, 1.82) is 0 Å². The second-order valence-electron chi connectivity index (χ2n) is 6.27. The molecule has 0 aromatic heterocycles. The van der Waals surface area contributed by atoms with Crippen molar-refractivity contribution in [1.82, 2.24) is 5.32 Å². The fourth-order valence-corrected chi connectivity index (χ4v) is 2.93. The van der Waals surface area contributed by atoms with E-state index in [1.54, 1.807) is 0 Å². The summed E-state index contributed by atoms with van der Waals surface area (Å²) < 4.78 is 0. The highest BCUT2D eigenvalue weighted by Crippen LogP contribution is 2.27. The third-order valence-electron chi connectivity index (χ3n) is 3.93. The first-order valence-corrected chi connectivity index (χ1v) is 8.53. The van der Waals surface area contributed by atoms with Gasteiger partial charge in [-0.15, -0.1) is 0 Å². The molecule has 0 rings (SSSR count). The Balaban J connectivity index is 4.08. The molecule has 0 amide bonds. The smallest absolute Gasteiger partial charge is 0.0112 e. The molecule has 0 aliphatic carbocycles. The maximum atomic E-state index is 3.27. The summed E-state index contributed by atoms with van der Waals surface area (Å²) >= 11 is 0. The largest absolute Gasteiger partial charge is 0.391 e. The Kier molecular flexibility index (Phi) is 12.3. The summed E-state index contributed by atoms with van der Waals surface area (Å²) in [5.74, 6) is 2.52. The van der Waals surface area contributed by atoms with Crippen LogP contribution in [0.2, 0.25) is 0 Å². The molecular weight excluding hydrogens is 230 g/mol. The molecule has 0 aliphatic heterocycles. The SMILES string of the molecule is CCCCC(C)CC(CCC)CC(C)C=CNCC. The third-order valence-corrected chi connectivity index (χ3v) is 3.93. The van der Waals surface area contributed by atoms with Gasteiger partial charge in [-0.05, 0) is 43.7 Å². The van der Waals surface area contributed by atoms with E-state index >= 15 is 0 Å². The molecule has 0 bridgehead atoms. The minimum atomic E-state index is 0.703. The van der Waals surface area contributed by atoms with Crippen molar-refractivity contribution in [2.45, 2.75) is 79.6 Å². The summed E-state index contributed by atoms with van der Waals surface area (Å²) in [7, 11) is 0. The summed E-state index contributed by atoms with van der Waals surface area (Å²) in [4.78, 5) is 0. The molecule has 0 spiro atoms. The molecule has 0 heterocycles. The van der Waals surface area contributed by atoms with Gasteiger partial charge >= 0.3 is 0 Å². The normalized spacial score (nSPS) is 16.5. The highest BCUT2D eigenvalue weighted by Gasteiger charge is 2.14. The Morgan fingerprint density at radius 1 is 0.947 bits per heavy atom. The van der Waals surface area contributed by atoms with Crippen LogP contribution in [-0.4, -0.2) is 6.54 Å². The first-order chi connectivity index (χ1) is 9.13. The van der Waals surface area contributed by atoms with Crippen molar-refractivity contribution in [3.63, 3.8) is 0 Å². The Bertz CT molecular complexity index is 210. The molecule has 114 valence electrons. The lowest BCUT2D eigenvalue weighted by molar-refractivity contribution is 0.310. The molecule has 19 heavy (non-hydrogen) atoms. The highest BCUT2D eigenvalue weighted by molar-refractivity contribution is 4.85. The lowest BCUT2D eigenvalue weighted by Crippen LogP contribution is -2.11. The van der Waals surface area contributed by atoms with E-state index in [1.807, 2.05) is 0 Å². The van der Waals surface area contributed by atoms with Gasteiger partial charge < -0.3 is 5.32 Å². The minimum Gasteiger partial charge on any atom is -0.391 e. The standard InChI is InChI=1S/C18H37N/c1-6-9-11-16(4)14-18(10-7-2)15-17(5)12-13-19-8-3/h12-13,16-19H,6-11,14-15H2,1-5H3. The summed E-state index contributed by atoms with van der Waals surface area (Å²) in [6.07, 6.45) is 14.1. The molecule has 0 aromatic rings. The van der Waals surface area contributed by atoms with Gasteiger partial charge in [-0.3, -0.25) is 0 Å². The molecule has 0 aliphatic rings. The first-order valence-electron chi connectivity index (χ1n) is 8.53. The predicted molar refractivity (Wildman–Crippen MR) is 88.3 cm³/mol. The number of hydrogen-bond acceptors (Lipinski definition) is 1. The van der Waals surface area contributed by atoms with Crippen molar-refractivity contribution in [3.8, 4) is 0 Å². The van der Waals surface area contributed by atoms with Crippen LogP contribution in [0.25, 0.3) is 0 Å². The lowest BCUT2D eigenvalue weighted by atomic mass is 9.84. The molecule has 0 aromatic carbocycles. The van der Waals surface area contributed by atoms with E-state index in [0.29, 0.717) is 5.92 Å². The van der Waals surface area contributed by atoms with Crippen LogP contribution in [0.3, 0.4) is 0 Å². The minimum absolute atomic E-state index is 0.703. The van der Waals surface area contributed by atoms with Crippen LogP contribution < -0.4 is 5.32 Å². The van der Waals surface area contributed by atoms with Crippen LogP contribution in [0.5, 0.6) is 0 Å². The quantitative estimate of drug-likeness (QED) is 0.473. The van der Waals surface area contributed by atoms with Gasteiger partial charge in [0.15, 0.2) is 0 Å². The maximum Gasteiger partial charge on any atom is 0.0112 e. The van der Waals surface area contributed by atoms with Crippen molar-refractivity contribution in [2.75, 3.05) is 6.54 Å². The Morgan fingerprint density at radius 3 is 2.26 bits per heavy atom. The third kappa shape index (κ3) is 11.1. The van der Waals surface area contributed by atoms with Crippen molar-refractivity contribution < 1.29 is 0 Å². The number of rotatable bonds is 12. The molecule has 1 heteroatoms. The van der Waals surface area contributed by atoms with Crippen molar-refractivity contribution in [3.05, 3.63) is 12.3 Å². The van der Waals surface area contributed by atoms with Gasteiger partial charge in [0.1, 0.15) is 0 Å². The summed E-state index contributed by atoms with van der Waals surface area (Å²) in [5, 5.41) is 3.27. The summed E-state index contributed by atoms with van der Waals surface area (Å²) in [6.45, 7) is 12.6. The van der Waals surface area contributed by atoms with Gasteiger partial charge in [-0.25, -0.2) is 0 Å². The zero-order chi connectivity index (χ0) is 14.5. The van der Waals surface area contributed by atoms with E-state index in [0.717, 1.165) is 18.4 Å². The molecule has 3 unspecified atom stereocenters. The van der Waals surface area contributed by atoms with Crippen LogP contribution in [0, 0.1) is 17.8 Å². The van der Waals surface area contributed by atoms with Gasteiger partial charge in [0.25, 0.3) is 0 Å². The molecule has 1 nitrogen and oxygen atoms in total. The van der Waals surface area contributed by atoms with Gasteiger partial charge in [0.2, 0.25) is 0 Å². The van der Waals surface area contributed by atoms with Crippen LogP contribution in [0.1, 0.15) is 79.6 Å². The molecule has 0 radical (unpaired) electrons. The topological polar surface area (TPSA) is 12.0 Å². The molecular formula is C18H37N.